The van der Waals surface area contributed by atoms with Gasteiger partial charge in [-0.15, -0.1) is 0 Å². The van der Waals surface area contributed by atoms with Gasteiger partial charge in [0.25, 0.3) is 5.56 Å². The van der Waals surface area contributed by atoms with E-state index in [1.54, 1.807) is 6.07 Å². The van der Waals surface area contributed by atoms with Crippen molar-refractivity contribution in [2.75, 3.05) is 0 Å². The zero-order valence-corrected chi connectivity index (χ0v) is 11.6. The Bertz CT molecular complexity index is 667. The lowest BCUT2D eigenvalue weighted by Crippen LogP contribution is -2.09. The standard InChI is InChI=1S/C13H13N3O3S/c1-2-3-8-6-11(17)16-13(15-8)20-9-4-5-10(12(18)19)14-7-9/h4-7H,2-3H2,1H3,(H,18,19)(H,15,16,17). The van der Waals surface area contributed by atoms with E-state index in [0.717, 1.165) is 18.5 Å². The number of aromatic amines is 1. The molecule has 0 amide bonds. The van der Waals surface area contributed by atoms with Crippen LogP contribution in [0.5, 0.6) is 0 Å². The summed E-state index contributed by atoms with van der Waals surface area (Å²) < 4.78 is 0. The van der Waals surface area contributed by atoms with E-state index in [1.807, 2.05) is 6.92 Å². The molecule has 2 N–H and O–H groups in total. The van der Waals surface area contributed by atoms with E-state index >= 15 is 0 Å². The average Bonchev–Trinajstić information content (AvgIpc) is 2.39. The molecule has 7 heteroatoms. The smallest absolute Gasteiger partial charge is 0.354 e. The molecular weight excluding hydrogens is 278 g/mol. The summed E-state index contributed by atoms with van der Waals surface area (Å²) >= 11 is 1.24. The molecule has 104 valence electrons. The van der Waals surface area contributed by atoms with E-state index in [2.05, 4.69) is 15.0 Å². The van der Waals surface area contributed by atoms with Crippen LogP contribution < -0.4 is 5.56 Å². The highest BCUT2D eigenvalue weighted by atomic mass is 32.2. The van der Waals surface area contributed by atoms with Gasteiger partial charge in [0.05, 0.1) is 0 Å². The van der Waals surface area contributed by atoms with Gasteiger partial charge in [0.2, 0.25) is 0 Å². The van der Waals surface area contributed by atoms with Crippen LogP contribution in [-0.4, -0.2) is 26.0 Å². The monoisotopic (exact) mass is 291 g/mol. The number of aromatic nitrogens is 3. The second kappa shape index (κ2) is 6.33. The maximum Gasteiger partial charge on any atom is 0.354 e. The van der Waals surface area contributed by atoms with Crippen LogP contribution in [0.1, 0.15) is 29.5 Å². The fourth-order valence-corrected chi connectivity index (χ4v) is 2.37. The number of rotatable bonds is 5. The lowest BCUT2D eigenvalue weighted by atomic mass is 10.2. The van der Waals surface area contributed by atoms with E-state index in [9.17, 15) is 9.59 Å². The van der Waals surface area contributed by atoms with E-state index < -0.39 is 5.97 Å². The highest BCUT2D eigenvalue weighted by molar-refractivity contribution is 7.99. The van der Waals surface area contributed by atoms with E-state index in [-0.39, 0.29) is 11.3 Å². The summed E-state index contributed by atoms with van der Waals surface area (Å²) in [6.45, 7) is 2.02. The van der Waals surface area contributed by atoms with Crippen molar-refractivity contribution in [1.82, 2.24) is 15.0 Å². The molecule has 0 saturated heterocycles. The summed E-state index contributed by atoms with van der Waals surface area (Å²) in [5.74, 6) is -1.07. The molecule has 0 atom stereocenters. The number of carboxylic acids is 1. The van der Waals surface area contributed by atoms with Gasteiger partial charge in [0.1, 0.15) is 5.69 Å². The Morgan fingerprint density at radius 1 is 1.45 bits per heavy atom. The van der Waals surface area contributed by atoms with Gasteiger partial charge in [-0.1, -0.05) is 25.1 Å². The van der Waals surface area contributed by atoms with Gasteiger partial charge in [0.15, 0.2) is 5.16 Å². The van der Waals surface area contributed by atoms with E-state index in [4.69, 9.17) is 5.11 Å². The number of nitrogens with one attached hydrogen (secondary N) is 1. The molecule has 0 unspecified atom stereocenters. The average molecular weight is 291 g/mol. The highest BCUT2D eigenvalue weighted by Crippen LogP contribution is 2.23. The van der Waals surface area contributed by atoms with Crippen LogP contribution in [0.2, 0.25) is 0 Å². The lowest BCUT2D eigenvalue weighted by molar-refractivity contribution is 0.0690. The van der Waals surface area contributed by atoms with Crippen LogP contribution >= 0.6 is 11.8 Å². The third-order valence-corrected chi connectivity index (χ3v) is 3.31. The normalized spacial score (nSPS) is 10.4. The van der Waals surface area contributed by atoms with Crippen LogP contribution in [-0.2, 0) is 6.42 Å². The Morgan fingerprint density at radius 2 is 2.25 bits per heavy atom. The summed E-state index contributed by atoms with van der Waals surface area (Å²) in [4.78, 5) is 33.7. The highest BCUT2D eigenvalue weighted by Gasteiger charge is 2.06. The molecule has 0 radical (unpaired) electrons. The Labute approximate surface area is 119 Å². The zero-order chi connectivity index (χ0) is 14.5. The van der Waals surface area contributed by atoms with Crippen LogP contribution in [0, 0.1) is 0 Å². The first-order valence-corrected chi connectivity index (χ1v) is 6.87. The molecule has 0 bridgehead atoms. The molecular formula is C13H13N3O3S. The quantitative estimate of drug-likeness (QED) is 0.818. The predicted molar refractivity (Wildman–Crippen MR) is 74.2 cm³/mol. The van der Waals surface area contributed by atoms with Crippen LogP contribution in [0.4, 0.5) is 0 Å². The van der Waals surface area contributed by atoms with Crippen molar-refractivity contribution in [2.45, 2.75) is 29.8 Å². The fourth-order valence-electron chi connectivity index (χ4n) is 1.59. The number of aryl methyl sites for hydroxylation is 1. The van der Waals surface area contributed by atoms with Gasteiger partial charge in [-0.3, -0.25) is 4.79 Å². The molecule has 20 heavy (non-hydrogen) atoms. The van der Waals surface area contributed by atoms with Gasteiger partial charge >= 0.3 is 5.97 Å². The number of hydrogen-bond acceptors (Lipinski definition) is 5. The van der Waals surface area contributed by atoms with Gasteiger partial charge < -0.3 is 10.1 Å². The number of H-pyrrole nitrogens is 1. The molecule has 2 aromatic rings. The van der Waals surface area contributed by atoms with Crippen molar-refractivity contribution in [2.24, 2.45) is 0 Å². The van der Waals surface area contributed by atoms with E-state index in [0.29, 0.717) is 10.1 Å². The Morgan fingerprint density at radius 3 is 2.85 bits per heavy atom. The maximum atomic E-state index is 11.5. The molecule has 0 fully saturated rings. The first-order chi connectivity index (χ1) is 9.58. The third-order valence-electron chi connectivity index (χ3n) is 2.45. The molecule has 0 aliphatic carbocycles. The Kier molecular flexibility index (Phi) is 4.52. The van der Waals surface area contributed by atoms with Crippen molar-refractivity contribution >= 4 is 17.7 Å². The van der Waals surface area contributed by atoms with E-state index in [1.165, 1.54) is 30.1 Å². The molecule has 0 spiro atoms. The summed E-state index contributed by atoms with van der Waals surface area (Å²) in [5.41, 5.74) is 0.533. The molecule has 2 rings (SSSR count). The van der Waals surface area contributed by atoms with Crippen molar-refractivity contribution in [1.29, 1.82) is 0 Å². The summed E-state index contributed by atoms with van der Waals surface area (Å²) in [6, 6.07) is 4.53. The molecule has 0 aliphatic heterocycles. The Balaban J connectivity index is 2.20. The molecule has 6 nitrogen and oxygen atoms in total. The van der Waals surface area contributed by atoms with Crippen molar-refractivity contribution in [3.8, 4) is 0 Å². The number of aromatic carboxylic acids is 1. The molecule has 2 heterocycles. The van der Waals surface area contributed by atoms with Crippen LogP contribution in [0.3, 0.4) is 0 Å². The summed E-state index contributed by atoms with van der Waals surface area (Å²) in [6.07, 6.45) is 3.10. The predicted octanol–water partition coefficient (Wildman–Crippen LogP) is 1.97. The third kappa shape index (κ3) is 3.67. The van der Waals surface area contributed by atoms with Gasteiger partial charge in [-0.05, 0) is 18.6 Å². The number of hydrogen-bond donors (Lipinski definition) is 2. The van der Waals surface area contributed by atoms with Gasteiger partial charge in [-0.25, -0.2) is 14.8 Å². The molecule has 2 aromatic heterocycles. The lowest BCUT2D eigenvalue weighted by Gasteiger charge is -2.03. The summed E-state index contributed by atoms with van der Waals surface area (Å²) in [7, 11) is 0. The van der Waals surface area contributed by atoms with Crippen LogP contribution in [0.25, 0.3) is 0 Å². The first-order valence-electron chi connectivity index (χ1n) is 6.06. The zero-order valence-electron chi connectivity index (χ0n) is 10.8. The number of pyridine rings is 1. The largest absolute Gasteiger partial charge is 0.477 e. The number of nitrogens with zero attached hydrogens (tertiary/aromatic N) is 2. The minimum absolute atomic E-state index is 0.0180. The van der Waals surface area contributed by atoms with Crippen LogP contribution in [0.15, 0.2) is 39.2 Å². The van der Waals surface area contributed by atoms with Crippen molar-refractivity contribution < 1.29 is 9.90 Å². The minimum Gasteiger partial charge on any atom is -0.477 e. The number of carboxylic acid groups (broad SMARTS) is 1. The molecule has 0 saturated carbocycles. The second-order valence-electron chi connectivity index (χ2n) is 4.08. The SMILES string of the molecule is CCCc1cc(=O)[nH]c(Sc2ccc(C(=O)O)nc2)n1. The van der Waals surface area contributed by atoms with Gasteiger partial charge in [0, 0.05) is 22.9 Å². The van der Waals surface area contributed by atoms with Gasteiger partial charge in [-0.2, -0.15) is 0 Å². The summed E-state index contributed by atoms with van der Waals surface area (Å²) in [5, 5.41) is 9.25. The number of carbonyl (C=O) groups is 1. The van der Waals surface area contributed by atoms with Crippen molar-refractivity contribution in [3.63, 3.8) is 0 Å². The Hall–Kier alpha value is -2.15. The first kappa shape index (κ1) is 14.3. The minimum atomic E-state index is -1.07. The maximum absolute atomic E-state index is 11.5. The molecule has 0 aromatic carbocycles. The second-order valence-corrected chi connectivity index (χ2v) is 5.14. The molecule has 0 aliphatic rings. The van der Waals surface area contributed by atoms with Crippen molar-refractivity contribution in [3.05, 3.63) is 46.1 Å². The fraction of sp³-hybridized carbons (Fsp3) is 0.231. The topological polar surface area (TPSA) is 95.9 Å².